The maximum absolute atomic E-state index is 12.3. The molecule has 0 radical (unpaired) electrons. The molecule has 0 aliphatic carbocycles. The van der Waals surface area contributed by atoms with E-state index in [-0.39, 0.29) is 24.0 Å². The summed E-state index contributed by atoms with van der Waals surface area (Å²) in [5.74, 6) is 0. The summed E-state index contributed by atoms with van der Waals surface area (Å²) in [7, 11) is 0. The fourth-order valence-corrected chi connectivity index (χ4v) is 7.59. The first kappa shape index (κ1) is 38.3. The van der Waals surface area contributed by atoms with Gasteiger partial charge >= 0.3 is 11.7 Å². The molecule has 4 aromatic rings. The number of ether oxygens (including phenoxy) is 5. The zero-order chi connectivity index (χ0) is 37.9. The van der Waals surface area contributed by atoms with Crippen LogP contribution in [0.4, 0.5) is 0 Å². The lowest BCUT2D eigenvalue weighted by Gasteiger charge is -2.33. The fraction of sp³-hybridized carbons (Fsp3) is 0.500. The van der Waals surface area contributed by atoms with E-state index in [1.807, 2.05) is 79.1 Å². The van der Waals surface area contributed by atoms with Crippen molar-refractivity contribution in [3.05, 3.63) is 127 Å². The lowest BCUT2D eigenvalue weighted by atomic mass is 9.89. The first-order valence-electron chi connectivity index (χ1n) is 18.4. The van der Waals surface area contributed by atoms with Crippen molar-refractivity contribution in [3.63, 3.8) is 0 Å². The van der Waals surface area contributed by atoms with Gasteiger partial charge in [0.2, 0.25) is 0 Å². The molecule has 7 rings (SSSR count). The molecule has 2 N–H and O–H groups in total. The van der Waals surface area contributed by atoms with Crippen molar-refractivity contribution in [2.75, 3.05) is 0 Å². The highest BCUT2D eigenvalue weighted by molar-refractivity contribution is 5.19. The van der Waals surface area contributed by atoms with Crippen molar-refractivity contribution in [2.45, 2.75) is 129 Å². The normalized spacial score (nSPS) is 24.9. The van der Waals surface area contributed by atoms with Crippen molar-refractivity contribution in [3.8, 4) is 6.01 Å². The average Bonchev–Trinajstić information content (AvgIpc) is 3.77. The Hall–Kier alpha value is -4.40. The lowest BCUT2D eigenvalue weighted by molar-refractivity contribution is -0.128. The van der Waals surface area contributed by atoms with Crippen LogP contribution < -0.4 is 21.5 Å². The number of hydrogen-bond acceptors (Lipinski definition) is 10. The van der Waals surface area contributed by atoms with Crippen molar-refractivity contribution in [1.29, 1.82) is 0 Å². The minimum atomic E-state index is -1.04. The standard InChI is InChI=1S/C20H26N2O5.C20H24N2O4/c1-4-20(5-2)16(26-12-14-9-7-6-8-10-14)15(23)18(27-20)22-11-13(3)17(24)21-19(22)25;1-4-20(5-2)16(24-12-14-9-7-6-8-10-14)15-18(26-20)22-11-13(3)17(23)21-19(22)25-15/h6-11,15-16,18,23H,4-5,12H2,1-3H3,(H,21,24,25);6-11,15-16,18H,4-5,12H2,1-3H3/t2*15?,16-,18-/m11/s1. The predicted octanol–water partition coefficient (Wildman–Crippen LogP) is 4.86. The van der Waals surface area contributed by atoms with Crippen LogP contribution >= 0.6 is 0 Å². The van der Waals surface area contributed by atoms with Gasteiger partial charge in [-0.25, -0.2) is 4.79 Å². The van der Waals surface area contributed by atoms with Crippen LogP contribution in [0.5, 0.6) is 6.01 Å². The molecule has 2 saturated heterocycles. The molecule has 6 atom stereocenters. The molecule has 3 aliphatic rings. The summed E-state index contributed by atoms with van der Waals surface area (Å²) >= 11 is 0. The Labute approximate surface area is 308 Å². The molecule has 2 unspecified atom stereocenters. The summed E-state index contributed by atoms with van der Waals surface area (Å²) in [6.07, 6.45) is 2.63. The van der Waals surface area contributed by atoms with Crippen LogP contribution in [-0.2, 0) is 32.2 Å². The number of hydrogen-bond donors (Lipinski definition) is 2. The quantitative estimate of drug-likeness (QED) is 0.219. The van der Waals surface area contributed by atoms with Gasteiger partial charge in [0, 0.05) is 23.5 Å². The third-order valence-electron chi connectivity index (χ3n) is 10.9. The maximum atomic E-state index is 12.3. The van der Waals surface area contributed by atoms with Crippen molar-refractivity contribution in [2.24, 2.45) is 0 Å². The van der Waals surface area contributed by atoms with Gasteiger partial charge in [0.15, 0.2) is 18.6 Å². The number of aliphatic hydroxyl groups is 1. The number of aromatic nitrogens is 4. The zero-order valence-electron chi connectivity index (χ0n) is 31.2. The Bertz CT molecular complexity index is 2020. The van der Waals surface area contributed by atoms with E-state index in [1.165, 1.54) is 10.8 Å². The van der Waals surface area contributed by atoms with Crippen LogP contribution in [0.25, 0.3) is 0 Å². The molecule has 0 spiro atoms. The fourth-order valence-electron chi connectivity index (χ4n) is 7.59. The van der Waals surface area contributed by atoms with Crippen LogP contribution in [0.1, 0.15) is 88.1 Å². The molecule has 2 aromatic heterocycles. The van der Waals surface area contributed by atoms with Crippen molar-refractivity contribution in [1.82, 2.24) is 19.1 Å². The Morgan fingerprint density at radius 1 is 0.736 bits per heavy atom. The van der Waals surface area contributed by atoms with Crippen molar-refractivity contribution >= 4 is 0 Å². The summed E-state index contributed by atoms with van der Waals surface area (Å²) in [5.41, 5.74) is 0.586. The molecule has 2 aromatic carbocycles. The third kappa shape index (κ3) is 7.41. The van der Waals surface area contributed by atoms with Gasteiger partial charge in [0.1, 0.15) is 23.9 Å². The van der Waals surface area contributed by atoms with E-state index in [4.69, 9.17) is 23.7 Å². The highest BCUT2D eigenvalue weighted by Gasteiger charge is 2.59. The van der Waals surface area contributed by atoms with Gasteiger partial charge < -0.3 is 28.8 Å². The Balaban J connectivity index is 0.000000181. The third-order valence-corrected chi connectivity index (χ3v) is 10.9. The van der Waals surface area contributed by atoms with Crippen LogP contribution in [0.15, 0.2) is 87.4 Å². The van der Waals surface area contributed by atoms with Gasteiger partial charge in [-0.05, 0) is 50.7 Å². The van der Waals surface area contributed by atoms with E-state index in [0.717, 1.165) is 24.0 Å². The molecule has 0 bridgehead atoms. The van der Waals surface area contributed by atoms with Gasteiger partial charge in [-0.1, -0.05) is 88.4 Å². The Morgan fingerprint density at radius 2 is 1.25 bits per heavy atom. The Morgan fingerprint density at radius 3 is 1.81 bits per heavy atom. The molecule has 13 nitrogen and oxygen atoms in total. The summed E-state index contributed by atoms with van der Waals surface area (Å²) in [4.78, 5) is 42.1. The number of aryl methyl sites for hydroxylation is 2. The van der Waals surface area contributed by atoms with E-state index >= 15 is 0 Å². The van der Waals surface area contributed by atoms with E-state index < -0.39 is 40.9 Å². The van der Waals surface area contributed by atoms with E-state index in [2.05, 4.69) is 23.8 Å². The molecular weight excluding hydrogens is 680 g/mol. The first-order chi connectivity index (χ1) is 25.5. The highest BCUT2D eigenvalue weighted by Crippen LogP contribution is 2.48. The van der Waals surface area contributed by atoms with Gasteiger partial charge in [0.25, 0.3) is 11.1 Å². The number of nitrogens with one attached hydrogen (secondary N) is 1. The van der Waals surface area contributed by atoms with Crippen LogP contribution in [0, 0.1) is 13.8 Å². The van der Waals surface area contributed by atoms with Crippen LogP contribution in [0.2, 0.25) is 0 Å². The minimum absolute atomic E-state index is 0.236. The van der Waals surface area contributed by atoms with Crippen LogP contribution in [0.3, 0.4) is 0 Å². The van der Waals surface area contributed by atoms with E-state index in [9.17, 15) is 19.5 Å². The lowest BCUT2D eigenvalue weighted by Crippen LogP contribution is -2.45. The molecule has 53 heavy (non-hydrogen) atoms. The SMILES string of the molecule is CCC1(CC)O[C@@H](n2cc(C)c(=O)[nH]c2=O)C(O)[C@H]1OCc1ccccc1.CCC1(CC)O[C@@H]2C(Oc3nc(=O)c(C)cn32)[C@H]1OCc1ccccc1. The smallest absolute Gasteiger partial charge is 0.330 e. The summed E-state index contributed by atoms with van der Waals surface area (Å²) in [6.45, 7) is 12.3. The minimum Gasteiger partial charge on any atom is -0.453 e. The second-order valence-electron chi connectivity index (χ2n) is 14.0. The molecule has 0 amide bonds. The Kier molecular flexibility index (Phi) is 11.5. The molecule has 5 heterocycles. The number of aliphatic hydroxyl groups excluding tert-OH is 1. The summed E-state index contributed by atoms with van der Waals surface area (Å²) in [5, 5.41) is 11.0. The van der Waals surface area contributed by atoms with Crippen LogP contribution in [-0.4, -0.2) is 59.8 Å². The van der Waals surface area contributed by atoms with Crippen molar-refractivity contribution < 1.29 is 28.8 Å². The van der Waals surface area contributed by atoms with Gasteiger partial charge in [-0.3, -0.25) is 23.7 Å². The zero-order valence-corrected chi connectivity index (χ0v) is 31.2. The summed E-state index contributed by atoms with van der Waals surface area (Å²) in [6, 6.07) is 20.1. The van der Waals surface area contributed by atoms with E-state index in [1.54, 1.807) is 20.0 Å². The number of rotatable bonds is 11. The predicted molar refractivity (Wildman–Crippen MR) is 197 cm³/mol. The van der Waals surface area contributed by atoms with Gasteiger partial charge in [-0.15, -0.1) is 0 Å². The maximum Gasteiger partial charge on any atom is 0.330 e. The number of aromatic amines is 1. The second kappa shape index (κ2) is 15.9. The monoisotopic (exact) mass is 730 g/mol. The number of fused-ring (bicyclic) bond motifs is 3. The second-order valence-corrected chi connectivity index (χ2v) is 14.0. The average molecular weight is 731 g/mol. The number of benzene rings is 2. The van der Waals surface area contributed by atoms with Gasteiger partial charge in [-0.2, -0.15) is 4.98 Å². The number of H-pyrrole nitrogens is 1. The summed E-state index contributed by atoms with van der Waals surface area (Å²) < 4.78 is 34.2. The number of nitrogens with zero attached hydrogens (tertiary/aromatic N) is 3. The topological polar surface area (TPSA) is 156 Å². The molecular formula is C40H50N4O9. The van der Waals surface area contributed by atoms with Gasteiger partial charge in [0.05, 0.1) is 18.8 Å². The highest BCUT2D eigenvalue weighted by atomic mass is 16.6. The molecule has 13 heteroatoms. The molecule has 3 aliphatic heterocycles. The largest absolute Gasteiger partial charge is 0.453 e. The molecule has 0 saturated carbocycles. The molecule has 284 valence electrons. The molecule has 2 fully saturated rings. The van der Waals surface area contributed by atoms with E-state index in [0.29, 0.717) is 43.2 Å². The first-order valence-corrected chi connectivity index (χ1v) is 18.4.